The molecule has 2 N–H and O–H groups in total. The average molecular weight is 191 g/mol. The molecule has 1 fully saturated rings. The molecule has 0 aliphatic carbocycles. The molecule has 2 atom stereocenters. The number of aliphatic hydroxyl groups is 1. The Balaban J connectivity index is 1.93. The summed E-state index contributed by atoms with van der Waals surface area (Å²) in [6, 6.07) is 0. The van der Waals surface area contributed by atoms with E-state index in [9.17, 15) is 5.11 Å². The van der Waals surface area contributed by atoms with E-state index < -0.39 is 0 Å². The summed E-state index contributed by atoms with van der Waals surface area (Å²) in [6.07, 6.45) is 4.44. The summed E-state index contributed by atoms with van der Waals surface area (Å²) in [5, 5.41) is 12.7. The highest BCUT2D eigenvalue weighted by Crippen LogP contribution is 2.32. The minimum Gasteiger partial charge on any atom is -0.513 e. The van der Waals surface area contributed by atoms with E-state index in [1.807, 2.05) is 0 Å². The topological polar surface area (TPSA) is 32.3 Å². The molecule has 0 aromatic carbocycles. The zero-order chi connectivity index (χ0) is 10.1. The van der Waals surface area contributed by atoms with Gasteiger partial charge >= 0.3 is 0 Å². The van der Waals surface area contributed by atoms with Crippen LogP contribution in [0.3, 0.4) is 0 Å². The van der Waals surface area contributed by atoms with Gasteiger partial charge in [-0.25, -0.2) is 0 Å². The van der Waals surface area contributed by atoms with Crippen LogP contribution < -0.4 is 5.32 Å². The zero-order valence-electron chi connectivity index (χ0n) is 8.79. The molecule has 0 amide bonds. The van der Waals surface area contributed by atoms with Gasteiger partial charge in [0.25, 0.3) is 0 Å². The SMILES string of the molecule is C=C(O)CC1CCC2NC(C)=CB2C1. The highest BCUT2D eigenvalue weighted by molar-refractivity contribution is 6.67. The van der Waals surface area contributed by atoms with Gasteiger partial charge in [0.15, 0.2) is 6.71 Å². The van der Waals surface area contributed by atoms with Crippen molar-refractivity contribution in [3.63, 3.8) is 0 Å². The maximum atomic E-state index is 9.17. The number of allylic oxidation sites excluding steroid dienone is 2. The molecule has 2 rings (SSSR count). The first-order chi connectivity index (χ1) is 6.65. The van der Waals surface area contributed by atoms with Crippen LogP contribution in [0.4, 0.5) is 0 Å². The lowest BCUT2D eigenvalue weighted by atomic mass is 9.38. The molecule has 0 aromatic rings. The molecule has 76 valence electrons. The van der Waals surface area contributed by atoms with Crippen LogP contribution in [-0.4, -0.2) is 17.8 Å². The quantitative estimate of drug-likeness (QED) is 0.518. The second-order valence-corrected chi connectivity index (χ2v) is 4.71. The van der Waals surface area contributed by atoms with Crippen LogP contribution in [0.25, 0.3) is 0 Å². The van der Waals surface area contributed by atoms with E-state index in [2.05, 4.69) is 24.8 Å². The number of nitrogens with one attached hydrogen (secondary N) is 1. The van der Waals surface area contributed by atoms with Gasteiger partial charge in [-0.15, -0.1) is 0 Å². The van der Waals surface area contributed by atoms with Crippen molar-refractivity contribution in [1.29, 1.82) is 0 Å². The van der Waals surface area contributed by atoms with Gasteiger partial charge in [0.1, 0.15) is 0 Å². The molecule has 14 heavy (non-hydrogen) atoms. The molecule has 2 unspecified atom stereocenters. The Kier molecular flexibility index (Phi) is 2.57. The fourth-order valence-electron chi connectivity index (χ4n) is 2.84. The molecule has 3 heteroatoms. The molecule has 0 spiro atoms. The van der Waals surface area contributed by atoms with Crippen LogP contribution in [0.15, 0.2) is 24.0 Å². The van der Waals surface area contributed by atoms with E-state index in [0.29, 0.717) is 24.3 Å². The predicted molar refractivity (Wildman–Crippen MR) is 60.4 cm³/mol. The molecular weight excluding hydrogens is 173 g/mol. The Morgan fingerprint density at radius 2 is 2.50 bits per heavy atom. The minimum atomic E-state index is 0.347. The van der Waals surface area contributed by atoms with Crippen LogP contribution in [-0.2, 0) is 0 Å². The summed E-state index contributed by atoms with van der Waals surface area (Å²) >= 11 is 0. The summed E-state index contributed by atoms with van der Waals surface area (Å²) < 4.78 is 0. The first-order valence-electron chi connectivity index (χ1n) is 5.47. The smallest absolute Gasteiger partial charge is 0.194 e. The van der Waals surface area contributed by atoms with E-state index in [-0.39, 0.29) is 0 Å². The Bertz CT molecular complexity index is 274. The van der Waals surface area contributed by atoms with E-state index in [1.165, 1.54) is 24.9 Å². The normalized spacial score (nSPS) is 30.6. The van der Waals surface area contributed by atoms with Crippen molar-refractivity contribution in [2.24, 2.45) is 5.92 Å². The largest absolute Gasteiger partial charge is 0.513 e. The molecule has 1 saturated heterocycles. The first-order valence-corrected chi connectivity index (χ1v) is 5.47. The number of fused-ring (bicyclic) bond motifs is 1. The lowest BCUT2D eigenvalue weighted by molar-refractivity contribution is 0.341. The average Bonchev–Trinajstić information content (AvgIpc) is 2.42. The summed E-state index contributed by atoms with van der Waals surface area (Å²) in [4.78, 5) is 0. The highest BCUT2D eigenvalue weighted by Gasteiger charge is 2.35. The second-order valence-electron chi connectivity index (χ2n) is 4.71. The molecule has 0 bridgehead atoms. The standard InChI is InChI=1S/C11H18BNO/c1-8-6-12-7-10(5-9(2)14)3-4-11(12)13-8/h6,10-11,13-14H,2-5,7H2,1H3. The van der Waals surface area contributed by atoms with E-state index in [1.54, 1.807) is 0 Å². The van der Waals surface area contributed by atoms with Crippen LogP contribution in [0.1, 0.15) is 26.2 Å². The minimum absolute atomic E-state index is 0.347. The second kappa shape index (κ2) is 3.72. The van der Waals surface area contributed by atoms with Gasteiger partial charge in [-0.1, -0.05) is 18.9 Å². The van der Waals surface area contributed by atoms with Crippen molar-refractivity contribution in [2.45, 2.75) is 38.4 Å². The third-order valence-electron chi connectivity index (χ3n) is 3.41. The molecule has 0 aromatic heterocycles. The number of rotatable bonds is 2. The van der Waals surface area contributed by atoms with Gasteiger partial charge in [0.05, 0.1) is 5.76 Å². The monoisotopic (exact) mass is 191 g/mol. The van der Waals surface area contributed by atoms with E-state index >= 15 is 0 Å². The van der Waals surface area contributed by atoms with Gasteiger partial charge in [-0.05, 0) is 31.4 Å². The van der Waals surface area contributed by atoms with Gasteiger partial charge < -0.3 is 10.4 Å². The summed E-state index contributed by atoms with van der Waals surface area (Å²) in [7, 11) is 0. The third kappa shape index (κ3) is 1.97. The van der Waals surface area contributed by atoms with E-state index in [0.717, 1.165) is 6.42 Å². The summed E-state index contributed by atoms with van der Waals surface area (Å²) in [5.74, 6) is 3.99. The molecule has 2 aliphatic heterocycles. The number of hydrogen-bond acceptors (Lipinski definition) is 2. The van der Waals surface area contributed by atoms with Crippen molar-refractivity contribution < 1.29 is 5.11 Å². The van der Waals surface area contributed by atoms with Crippen molar-refractivity contribution in [1.82, 2.24) is 5.32 Å². The van der Waals surface area contributed by atoms with Crippen molar-refractivity contribution in [3.05, 3.63) is 24.0 Å². The molecule has 0 saturated carbocycles. The van der Waals surface area contributed by atoms with Crippen LogP contribution >= 0.6 is 0 Å². The lowest BCUT2D eigenvalue weighted by Gasteiger charge is -2.29. The summed E-state index contributed by atoms with van der Waals surface area (Å²) in [6.45, 7) is 6.40. The van der Waals surface area contributed by atoms with Crippen molar-refractivity contribution in [3.8, 4) is 0 Å². The fourth-order valence-corrected chi connectivity index (χ4v) is 2.84. The summed E-state index contributed by atoms with van der Waals surface area (Å²) in [5.41, 5.74) is 1.32. The van der Waals surface area contributed by atoms with Crippen molar-refractivity contribution in [2.75, 3.05) is 0 Å². The fraction of sp³-hybridized carbons (Fsp3) is 0.636. The molecule has 2 aliphatic rings. The maximum absolute atomic E-state index is 9.17. The molecular formula is C11H18BNO. The highest BCUT2D eigenvalue weighted by atomic mass is 16.3. The van der Waals surface area contributed by atoms with Gasteiger partial charge in [0.2, 0.25) is 0 Å². The lowest BCUT2D eigenvalue weighted by Crippen LogP contribution is -2.40. The van der Waals surface area contributed by atoms with Crippen molar-refractivity contribution >= 4 is 6.71 Å². The Morgan fingerprint density at radius 1 is 1.71 bits per heavy atom. The molecule has 0 radical (unpaired) electrons. The number of hydrogen-bond donors (Lipinski definition) is 2. The van der Waals surface area contributed by atoms with Crippen LogP contribution in [0.2, 0.25) is 6.32 Å². The van der Waals surface area contributed by atoms with Gasteiger partial charge in [-0.2, -0.15) is 0 Å². The molecule has 2 nitrogen and oxygen atoms in total. The Morgan fingerprint density at radius 3 is 3.21 bits per heavy atom. The maximum Gasteiger partial charge on any atom is 0.194 e. The Labute approximate surface area is 86.2 Å². The van der Waals surface area contributed by atoms with Gasteiger partial charge in [0, 0.05) is 12.4 Å². The van der Waals surface area contributed by atoms with Crippen LogP contribution in [0.5, 0.6) is 0 Å². The van der Waals surface area contributed by atoms with E-state index in [4.69, 9.17) is 0 Å². The Hall–Kier alpha value is -0.855. The van der Waals surface area contributed by atoms with Crippen LogP contribution in [0, 0.1) is 5.92 Å². The zero-order valence-corrected chi connectivity index (χ0v) is 8.79. The molecule has 2 heterocycles. The van der Waals surface area contributed by atoms with Gasteiger partial charge in [-0.3, -0.25) is 0 Å². The predicted octanol–water partition coefficient (Wildman–Crippen LogP) is 2.31. The third-order valence-corrected chi connectivity index (χ3v) is 3.41. The first kappa shape index (κ1) is 9.69. The number of aliphatic hydroxyl groups excluding tert-OH is 1.